The first-order valence-corrected chi connectivity index (χ1v) is 7.55. The van der Waals surface area contributed by atoms with E-state index in [1.54, 1.807) is 0 Å². The molecule has 0 amide bonds. The lowest BCUT2D eigenvalue weighted by Gasteiger charge is -2.22. The van der Waals surface area contributed by atoms with Crippen LogP contribution in [0.25, 0.3) is 0 Å². The number of nitrogens with one attached hydrogen (secondary N) is 1. The number of ether oxygens (including phenoxy) is 2. The molecule has 1 atom stereocenters. The minimum atomic E-state index is -0.386. The Bertz CT molecular complexity index is 543. The molecule has 3 rings (SSSR count). The van der Waals surface area contributed by atoms with Crippen molar-refractivity contribution in [1.29, 1.82) is 0 Å². The maximum atomic E-state index is 12.0. The summed E-state index contributed by atoms with van der Waals surface area (Å²) in [6.45, 7) is 4.08. The summed E-state index contributed by atoms with van der Waals surface area (Å²) >= 11 is 0. The van der Waals surface area contributed by atoms with Crippen molar-refractivity contribution < 1.29 is 14.3 Å². The Kier molecular flexibility index (Phi) is 4.17. The number of carbonyl (C=O) groups is 1. The quantitative estimate of drug-likeness (QED) is 0.827. The first-order chi connectivity index (χ1) is 10.2. The molecule has 0 bridgehead atoms. The third-order valence-corrected chi connectivity index (χ3v) is 3.98. The molecule has 1 unspecified atom stereocenters. The first kappa shape index (κ1) is 14.4. The van der Waals surface area contributed by atoms with Crippen LogP contribution < -0.4 is 5.32 Å². The van der Waals surface area contributed by atoms with Crippen molar-refractivity contribution in [2.24, 2.45) is 5.92 Å². The summed E-state index contributed by atoms with van der Waals surface area (Å²) in [4.78, 5) is 21.2. The average molecular weight is 291 g/mol. The number of rotatable bonds is 5. The minimum absolute atomic E-state index is 0.106. The van der Waals surface area contributed by atoms with Crippen LogP contribution in [0.1, 0.15) is 53.4 Å². The van der Waals surface area contributed by atoms with E-state index in [1.165, 1.54) is 7.11 Å². The van der Waals surface area contributed by atoms with E-state index in [1.807, 2.05) is 6.92 Å². The molecule has 114 valence electrons. The maximum absolute atomic E-state index is 12.0. The van der Waals surface area contributed by atoms with Gasteiger partial charge in [-0.15, -0.1) is 0 Å². The summed E-state index contributed by atoms with van der Waals surface area (Å²) in [6.07, 6.45) is 2.92. The van der Waals surface area contributed by atoms with Crippen LogP contribution in [0.5, 0.6) is 0 Å². The summed E-state index contributed by atoms with van der Waals surface area (Å²) < 4.78 is 10.7. The van der Waals surface area contributed by atoms with Crippen molar-refractivity contribution in [3.63, 3.8) is 0 Å². The zero-order valence-corrected chi connectivity index (χ0v) is 12.5. The van der Waals surface area contributed by atoms with Gasteiger partial charge in [0.15, 0.2) is 11.5 Å². The topological polar surface area (TPSA) is 73.3 Å². The fourth-order valence-corrected chi connectivity index (χ4v) is 2.77. The van der Waals surface area contributed by atoms with Crippen molar-refractivity contribution in [1.82, 2.24) is 15.3 Å². The Morgan fingerprint density at radius 1 is 1.43 bits per heavy atom. The molecule has 0 spiro atoms. The van der Waals surface area contributed by atoms with Gasteiger partial charge in [-0.25, -0.2) is 14.8 Å². The lowest BCUT2D eigenvalue weighted by atomic mass is 10.0. The van der Waals surface area contributed by atoms with Crippen LogP contribution in [-0.2, 0) is 22.4 Å². The van der Waals surface area contributed by atoms with E-state index < -0.39 is 0 Å². The van der Waals surface area contributed by atoms with Gasteiger partial charge in [-0.3, -0.25) is 0 Å². The van der Waals surface area contributed by atoms with Crippen LogP contribution in [0, 0.1) is 5.92 Å². The number of hydrogen-bond donors (Lipinski definition) is 1. The molecule has 6 nitrogen and oxygen atoms in total. The second kappa shape index (κ2) is 6.07. The molecule has 1 saturated carbocycles. The van der Waals surface area contributed by atoms with Gasteiger partial charge in [0.25, 0.3) is 0 Å². The normalized spacial score (nSPS) is 19.0. The Morgan fingerprint density at radius 2 is 2.24 bits per heavy atom. The van der Waals surface area contributed by atoms with Crippen LogP contribution in [0.2, 0.25) is 0 Å². The Labute approximate surface area is 124 Å². The summed E-state index contributed by atoms with van der Waals surface area (Å²) in [6, 6.07) is 0. The fourth-order valence-electron chi connectivity index (χ4n) is 2.77. The molecule has 1 fully saturated rings. The highest BCUT2D eigenvalue weighted by Gasteiger charge is 2.36. The molecular weight excluding hydrogens is 270 g/mol. The van der Waals surface area contributed by atoms with E-state index in [9.17, 15) is 4.79 Å². The SMILES string of the molecule is CCOC(c1nc2c(c(C(=O)OC)n1)CCNC2)C1CC1. The van der Waals surface area contributed by atoms with Gasteiger partial charge in [0.05, 0.1) is 12.8 Å². The molecule has 0 saturated heterocycles. The van der Waals surface area contributed by atoms with Gasteiger partial charge in [0.1, 0.15) is 6.10 Å². The van der Waals surface area contributed by atoms with Crippen molar-refractivity contribution in [2.75, 3.05) is 20.3 Å². The van der Waals surface area contributed by atoms with Crippen molar-refractivity contribution >= 4 is 5.97 Å². The third kappa shape index (κ3) is 2.91. The van der Waals surface area contributed by atoms with Gasteiger partial charge >= 0.3 is 5.97 Å². The highest BCUT2D eigenvalue weighted by Crippen LogP contribution is 2.42. The summed E-state index contributed by atoms with van der Waals surface area (Å²) in [7, 11) is 1.39. The monoisotopic (exact) mass is 291 g/mol. The van der Waals surface area contributed by atoms with Gasteiger partial charge in [0, 0.05) is 18.7 Å². The molecule has 1 aliphatic carbocycles. The molecule has 21 heavy (non-hydrogen) atoms. The number of methoxy groups -OCH3 is 1. The predicted molar refractivity (Wildman–Crippen MR) is 75.9 cm³/mol. The molecule has 1 aromatic rings. The lowest BCUT2D eigenvalue weighted by Crippen LogP contribution is -2.29. The minimum Gasteiger partial charge on any atom is -0.464 e. The van der Waals surface area contributed by atoms with E-state index in [0.29, 0.717) is 30.6 Å². The smallest absolute Gasteiger partial charge is 0.357 e. The zero-order valence-electron chi connectivity index (χ0n) is 12.5. The molecular formula is C15H21N3O3. The molecule has 2 aliphatic rings. The number of esters is 1. The zero-order chi connectivity index (χ0) is 14.8. The lowest BCUT2D eigenvalue weighted by molar-refractivity contribution is 0.0390. The Morgan fingerprint density at radius 3 is 2.90 bits per heavy atom. The van der Waals surface area contributed by atoms with E-state index in [-0.39, 0.29) is 12.1 Å². The van der Waals surface area contributed by atoms with Crippen molar-refractivity contribution in [3.05, 3.63) is 22.8 Å². The van der Waals surface area contributed by atoms with Crippen molar-refractivity contribution in [2.45, 2.75) is 38.8 Å². The number of fused-ring (bicyclic) bond motifs is 1. The van der Waals surface area contributed by atoms with Gasteiger partial charge in [-0.1, -0.05) is 0 Å². The molecule has 6 heteroatoms. The largest absolute Gasteiger partial charge is 0.464 e. The van der Waals surface area contributed by atoms with E-state index >= 15 is 0 Å². The van der Waals surface area contributed by atoms with Crippen LogP contribution >= 0.6 is 0 Å². The standard InChI is InChI=1S/C15H21N3O3/c1-3-21-13(9-4-5-9)14-17-11-8-16-7-6-10(11)12(18-14)15(19)20-2/h9,13,16H,3-8H2,1-2H3. The van der Waals surface area contributed by atoms with Crippen LogP contribution in [0.15, 0.2) is 0 Å². The molecule has 1 aromatic heterocycles. The van der Waals surface area contributed by atoms with Crippen LogP contribution in [0.3, 0.4) is 0 Å². The first-order valence-electron chi connectivity index (χ1n) is 7.55. The average Bonchev–Trinajstić information content (AvgIpc) is 3.35. The molecule has 1 aliphatic heterocycles. The van der Waals surface area contributed by atoms with Gasteiger partial charge in [-0.2, -0.15) is 0 Å². The molecule has 1 N–H and O–H groups in total. The number of aromatic nitrogens is 2. The summed E-state index contributed by atoms with van der Waals surface area (Å²) in [5.74, 6) is 0.718. The van der Waals surface area contributed by atoms with E-state index in [2.05, 4.69) is 15.3 Å². The Hall–Kier alpha value is -1.53. The Balaban J connectivity index is 2.02. The van der Waals surface area contributed by atoms with Gasteiger partial charge in [0.2, 0.25) is 0 Å². The van der Waals surface area contributed by atoms with Crippen LogP contribution in [-0.4, -0.2) is 36.2 Å². The number of carbonyl (C=O) groups excluding carboxylic acids is 1. The molecule has 0 aromatic carbocycles. The second-order valence-corrected chi connectivity index (χ2v) is 5.49. The maximum Gasteiger partial charge on any atom is 0.357 e. The number of nitrogens with zero attached hydrogens (tertiary/aromatic N) is 2. The summed E-state index contributed by atoms with van der Waals surface area (Å²) in [5.41, 5.74) is 2.22. The van der Waals surface area contributed by atoms with Crippen molar-refractivity contribution in [3.8, 4) is 0 Å². The predicted octanol–water partition coefficient (Wildman–Crippen LogP) is 1.40. The summed E-state index contributed by atoms with van der Waals surface area (Å²) in [5, 5.41) is 3.28. The third-order valence-electron chi connectivity index (χ3n) is 3.98. The van der Waals surface area contributed by atoms with E-state index in [0.717, 1.165) is 37.1 Å². The molecule has 0 radical (unpaired) electrons. The molecule has 2 heterocycles. The van der Waals surface area contributed by atoms with Crippen LogP contribution in [0.4, 0.5) is 0 Å². The number of hydrogen-bond acceptors (Lipinski definition) is 6. The fraction of sp³-hybridized carbons (Fsp3) is 0.667. The van der Waals surface area contributed by atoms with Gasteiger partial charge in [-0.05, 0) is 38.6 Å². The highest BCUT2D eigenvalue weighted by molar-refractivity contribution is 5.89. The second-order valence-electron chi connectivity index (χ2n) is 5.49. The highest BCUT2D eigenvalue weighted by atomic mass is 16.5. The van der Waals surface area contributed by atoms with E-state index in [4.69, 9.17) is 9.47 Å². The van der Waals surface area contributed by atoms with Gasteiger partial charge < -0.3 is 14.8 Å².